The van der Waals surface area contributed by atoms with Crippen molar-refractivity contribution in [3.05, 3.63) is 0 Å². The quantitative estimate of drug-likeness (QED) is 0.757. The standard InChI is InChI=1S/C16H27NO3S/c1-2-21-13-7-5-6-12(13)17-14(18)10-16(11-15(19)20)8-3-4-9-16/h12-13H,2-11H2,1H3,(H,17,18)(H,19,20). The zero-order chi connectivity index (χ0) is 15.3. The van der Waals surface area contributed by atoms with Crippen molar-refractivity contribution in [3.8, 4) is 0 Å². The second-order valence-corrected chi connectivity index (χ2v) is 8.07. The van der Waals surface area contributed by atoms with Gasteiger partial charge in [0, 0.05) is 17.7 Å². The Kier molecular flexibility index (Phi) is 5.97. The summed E-state index contributed by atoms with van der Waals surface area (Å²) in [7, 11) is 0. The van der Waals surface area contributed by atoms with Gasteiger partial charge < -0.3 is 10.4 Å². The third-order valence-electron chi connectivity index (χ3n) is 4.91. The van der Waals surface area contributed by atoms with E-state index in [0.29, 0.717) is 11.7 Å². The lowest BCUT2D eigenvalue weighted by Gasteiger charge is -2.28. The molecule has 0 heterocycles. The molecule has 2 aliphatic rings. The highest BCUT2D eigenvalue weighted by molar-refractivity contribution is 7.99. The summed E-state index contributed by atoms with van der Waals surface area (Å²) < 4.78 is 0. The molecule has 5 heteroatoms. The summed E-state index contributed by atoms with van der Waals surface area (Å²) >= 11 is 1.93. The van der Waals surface area contributed by atoms with Crippen molar-refractivity contribution in [2.75, 3.05) is 5.75 Å². The molecule has 2 unspecified atom stereocenters. The summed E-state index contributed by atoms with van der Waals surface area (Å²) in [5.41, 5.74) is -0.290. The molecule has 0 spiro atoms. The molecule has 0 aliphatic heterocycles. The number of nitrogens with one attached hydrogen (secondary N) is 1. The first-order chi connectivity index (χ1) is 10.0. The second-order valence-electron chi connectivity index (χ2n) is 6.55. The topological polar surface area (TPSA) is 66.4 Å². The van der Waals surface area contributed by atoms with E-state index in [9.17, 15) is 9.59 Å². The summed E-state index contributed by atoms with van der Waals surface area (Å²) in [6.45, 7) is 2.16. The van der Waals surface area contributed by atoms with E-state index in [1.807, 2.05) is 11.8 Å². The van der Waals surface area contributed by atoms with Crippen LogP contribution in [0, 0.1) is 5.41 Å². The van der Waals surface area contributed by atoms with Gasteiger partial charge in [0.25, 0.3) is 0 Å². The van der Waals surface area contributed by atoms with Crippen LogP contribution in [0.1, 0.15) is 64.7 Å². The van der Waals surface area contributed by atoms with Gasteiger partial charge in [-0.3, -0.25) is 9.59 Å². The van der Waals surface area contributed by atoms with E-state index in [0.717, 1.165) is 37.9 Å². The van der Waals surface area contributed by atoms with Crippen LogP contribution in [0.5, 0.6) is 0 Å². The van der Waals surface area contributed by atoms with Crippen molar-refractivity contribution >= 4 is 23.6 Å². The molecular formula is C16H27NO3S. The Morgan fingerprint density at radius 2 is 1.90 bits per heavy atom. The predicted molar refractivity (Wildman–Crippen MR) is 85.5 cm³/mol. The van der Waals surface area contributed by atoms with Crippen LogP contribution < -0.4 is 5.32 Å². The smallest absolute Gasteiger partial charge is 0.303 e. The number of hydrogen-bond acceptors (Lipinski definition) is 3. The van der Waals surface area contributed by atoms with Crippen LogP contribution in [-0.4, -0.2) is 34.0 Å². The van der Waals surface area contributed by atoms with E-state index in [4.69, 9.17) is 5.11 Å². The zero-order valence-corrected chi connectivity index (χ0v) is 13.7. The molecule has 1 amide bonds. The fraction of sp³-hybridized carbons (Fsp3) is 0.875. The highest BCUT2D eigenvalue weighted by atomic mass is 32.2. The van der Waals surface area contributed by atoms with Crippen LogP contribution in [0.25, 0.3) is 0 Å². The molecule has 0 aromatic rings. The van der Waals surface area contributed by atoms with Gasteiger partial charge in [-0.2, -0.15) is 11.8 Å². The van der Waals surface area contributed by atoms with Crippen LogP contribution in [0.15, 0.2) is 0 Å². The van der Waals surface area contributed by atoms with Gasteiger partial charge in [0.1, 0.15) is 0 Å². The van der Waals surface area contributed by atoms with E-state index in [-0.39, 0.29) is 23.8 Å². The molecule has 2 fully saturated rings. The lowest BCUT2D eigenvalue weighted by molar-refractivity contribution is -0.140. The number of carbonyl (C=O) groups is 2. The highest BCUT2D eigenvalue weighted by Gasteiger charge is 2.39. The van der Waals surface area contributed by atoms with Crippen LogP contribution in [-0.2, 0) is 9.59 Å². The van der Waals surface area contributed by atoms with Crippen molar-refractivity contribution in [1.82, 2.24) is 5.32 Å². The third-order valence-corrected chi connectivity index (χ3v) is 6.23. The minimum absolute atomic E-state index is 0.0618. The molecule has 0 radical (unpaired) electrons. The minimum Gasteiger partial charge on any atom is -0.481 e. The van der Waals surface area contributed by atoms with Crippen molar-refractivity contribution < 1.29 is 14.7 Å². The first kappa shape index (κ1) is 16.7. The molecule has 0 bridgehead atoms. The van der Waals surface area contributed by atoms with Gasteiger partial charge in [0.15, 0.2) is 0 Å². The zero-order valence-electron chi connectivity index (χ0n) is 12.9. The number of hydrogen-bond donors (Lipinski definition) is 2. The SMILES string of the molecule is CCSC1CCCC1NC(=O)CC1(CC(=O)O)CCCC1. The third kappa shape index (κ3) is 4.63. The lowest BCUT2D eigenvalue weighted by atomic mass is 9.79. The van der Waals surface area contributed by atoms with Crippen LogP contribution in [0.3, 0.4) is 0 Å². The molecule has 4 nitrogen and oxygen atoms in total. The first-order valence-corrected chi connectivity index (χ1v) is 9.22. The molecule has 2 saturated carbocycles. The Labute approximate surface area is 131 Å². The van der Waals surface area contributed by atoms with Crippen LogP contribution >= 0.6 is 11.8 Å². The molecule has 0 saturated heterocycles. The summed E-state index contributed by atoms with van der Waals surface area (Å²) in [4.78, 5) is 23.5. The number of carbonyl (C=O) groups excluding carboxylic acids is 1. The Morgan fingerprint density at radius 1 is 1.19 bits per heavy atom. The maximum Gasteiger partial charge on any atom is 0.303 e. The van der Waals surface area contributed by atoms with Crippen molar-refractivity contribution in [2.24, 2.45) is 5.41 Å². The number of thioether (sulfide) groups is 1. The molecule has 2 atom stereocenters. The van der Waals surface area contributed by atoms with E-state index < -0.39 is 5.97 Å². The maximum absolute atomic E-state index is 12.4. The van der Waals surface area contributed by atoms with Crippen molar-refractivity contribution in [2.45, 2.75) is 76.0 Å². The fourth-order valence-electron chi connectivity index (χ4n) is 3.96. The summed E-state index contributed by atoms with van der Waals surface area (Å²) in [5.74, 6) is 0.372. The van der Waals surface area contributed by atoms with Crippen LogP contribution in [0.4, 0.5) is 0 Å². The monoisotopic (exact) mass is 313 g/mol. The van der Waals surface area contributed by atoms with Gasteiger partial charge in [-0.05, 0) is 36.9 Å². The van der Waals surface area contributed by atoms with Gasteiger partial charge in [-0.15, -0.1) is 0 Å². The van der Waals surface area contributed by atoms with Gasteiger partial charge in [-0.1, -0.05) is 26.2 Å². The Bertz CT molecular complexity index is 380. The largest absolute Gasteiger partial charge is 0.481 e. The molecule has 2 aliphatic carbocycles. The lowest BCUT2D eigenvalue weighted by Crippen LogP contribution is -2.41. The first-order valence-electron chi connectivity index (χ1n) is 8.17. The van der Waals surface area contributed by atoms with Gasteiger partial charge >= 0.3 is 5.97 Å². The maximum atomic E-state index is 12.4. The van der Waals surface area contributed by atoms with Gasteiger partial charge in [0.2, 0.25) is 5.91 Å². The number of aliphatic carboxylic acids is 1. The number of rotatable bonds is 7. The van der Waals surface area contributed by atoms with E-state index in [1.54, 1.807) is 0 Å². The molecule has 2 rings (SSSR count). The Hall–Kier alpha value is -0.710. The molecule has 0 aromatic carbocycles. The molecule has 21 heavy (non-hydrogen) atoms. The van der Waals surface area contributed by atoms with Gasteiger partial charge in [0.05, 0.1) is 6.42 Å². The minimum atomic E-state index is -0.773. The number of carboxylic acid groups (broad SMARTS) is 1. The number of carboxylic acids is 1. The van der Waals surface area contributed by atoms with E-state index in [1.165, 1.54) is 12.8 Å². The summed E-state index contributed by atoms with van der Waals surface area (Å²) in [5, 5.41) is 12.8. The summed E-state index contributed by atoms with van der Waals surface area (Å²) in [6.07, 6.45) is 7.82. The molecule has 0 aromatic heterocycles. The molecule has 120 valence electrons. The van der Waals surface area contributed by atoms with E-state index in [2.05, 4.69) is 12.2 Å². The predicted octanol–water partition coefficient (Wildman–Crippen LogP) is 3.20. The Morgan fingerprint density at radius 3 is 2.52 bits per heavy atom. The average Bonchev–Trinajstić information content (AvgIpc) is 3.00. The molecule has 2 N–H and O–H groups in total. The Balaban J connectivity index is 1.89. The normalized spacial score (nSPS) is 27.7. The number of amides is 1. The van der Waals surface area contributed by atoms with Crippen LogP contribution in [0.2, 0.25) is 0 Å². The highest BCUT2D eigenvalue weighted by Crippen LogP contribution is 2.44. The van der Waals surface area contributed by atoms with Crippen molar-refractivity contribution in [1.29, 1.82) is 0 Å². The van der Waals surface area contributed by atoms with Gasteiger partial charge in [-0.25, -0.2) is 0 Å². The molecular weight excluding hydrogens is 286 g/mol. The summed E-state index contributed by atoms with van der Waals surface area (Å²) in [6, 6.07) is 0.283. The average molecular weight is 313 g/mol. The fourth-order valence-corrected chi connectivity index (χ4v) is 5.16. The van der Waals surface area contributed by atoms with Crippen molar-refractivity contribution in [3.63, 3.8) is 0 Å². The van der Waals surface area contributed by atoms with E-state index >= 15 is 0 Å². The second kappa shape index (κ2) is 7.52.